The molecule has 1 heterocycles. The van der Waals surface area contributed by atoms with Gasteiger partial charge in [0.15, 0.2) is 0 Å². The molecule has 0 radical (unpaired) electrons. The predicted molar refractivity (Wildman–Crippen MR) is 91.6 cm³/mol. The fourth-order valence-electron chi connectivity index (χ4n) is 2.44. The summed E-state index contributed by atoms with van der Waals surface area (Å²) in [6, 6.07) is 2.28. The summed E-state index contributed by atoms with van der Waals surface area (Å²) in [5.74, 6) is -1.98. The van der Waals surface area contributed by atoms with Crippen LogP contribution in [0.25, 0.3) is 0 Å². The van der Waals surface area contributed by atoms with Crippen LogP contribution >= 0.6 is 0 Å². The highest BCUT2D eigenvalue weighted by Crippen LogP contribution is 2.22. The van der Waals surface area contributed by atoms with E-state index in [1.54, 1.807) is 6.92 Å². The Balaban J connectivity index is 2.23. The summed E-state index contributed by atoms with van der Waals surface area (Å²) in [6.45, 7) is 4.35. The SMILES string of the molecule is CCNC(=O)[C@H](C)NC(=O)c1ccc(F)c(S(=O)(=O)N2CCOCC2)c1. The van der Waals surface area contributed by atoms with E-state index in [9.17, 15) is 22.4 Å². The van der Waals surface area contributed by atoms with Crippen molar-refractivity contribution in [1.82, 2.24) is 14.9 Å². The van der Waals surface area contributed by atoms with E-state index in [0.29, 0.717) is 6.54 Å². The van der Waals surface area contributed by atoms with E-state index in [-0.39, 0.29) is 37.8 Å². The summed E-state index contributed by atoms with van der Waals surface area (Å²) in [5.41, 5.74) is -0.0469. The Hall–Kier alpha value is -2.04. The van der Waals surface area contributed by atoms with Crippen molar-refractivity contribution in [1.29, 1.82) is 0 Å². The number of hydrogen-bond donors (Lipinski definition) is 2. The van der Waals surface area contributed by atoms with E-state index in [1.807, 2.05) is 0 Å². The molecule has 10 heteroatoms. The van der Waals surface area contributed by atoms with Crippen LogP contribution in [0.1, 0.15) is 24.2 Å². The van der Waals surface area contributed by atoms with Crippen LogP contribution in [0.3, 0.4) is 0 Å². The Kier molecular flexibility index (Phi) is 6.68. The molecule has 1 aromatic carbocycles. The second-order valence-electron chi connectivity index (χ2n) is 5.75. The lowest BCUT2D eigenvalue weighted by atomic mass is 10.2. The summed E-state index contributed by atoms with van der Waals surface area (Å²) in [6.07, 6.45) is 0. The van der Waals surface area contributed by atoms with Gasteiger partial charge in [0.05, 0.1) is 13.2 Å². The standard InChI is InChI=1S/C16H22FN3O5S/c1-3-18-15(21)11(2)19-16(22)12-4-5-13(17)14(10-12)26(23,24)20-6-8-25-9-7-20/h4-5,10-11H,3,6-9H2,1-2H3,(H,18,21)(H,19,22)/t11-/m0/s1. The van der Waals surface area contributed by atoms with E-state index >= 15 is 0 Å². The lowest BCUT2D eigenvalue weighted by Crippen LogP contribution is -2.44. The van der Waals surface area contributed by atoms with Gasteiger partial charge in [-0.1, -0.05) is 0 Å². The van der Waals surface area contributed by atoms with Gasteiger partial charge < -0.3 is 15.4 Å². The van der Waals surface area contributed by atoms with Gasteiger partial charge >= 0.3 is 0 Å². The van der Waals surface area contributed by atoms with Crippen molar-refractivity contribution in [3.63, 3.8) is 0 Å². The van der Waals surface area contributed by atoms with Crippen molar-refractivity contribution in [2.24, 2.45) is 0 Å². The van der Waals surface area contributed by atoms with Gasteiger partial charge in [-0.15, -0.1) is 0 Å². The smallest absolute Gasteiger partial charge is 0.251 e. The molecule has 26 heavy (non-hydrogen) atoms. The van der Waals surface area contributed by atoms with Gasteiger partial charge in [-0.25, -0.2) is 12.8 Å². The molecule has 0 saturated carbocycles. The highest BCUT2D eigenvalue weighted by atomic mass is 32.2. The van der Waals surface area contributed by atoms with Crippen molar-refractivity contribution in [2.75, 3.05) is 32.8 Å². The Morgan fingerprint density at radius 3 is 2.58 bits per heavy atom. The maximum Gasteiger partial charge on any atom is 0.251 e. The van der Waals surface area contributed by atoms with E-state index in [1.165, 1.54) is 13.0 Å². The summed E-state index contributed by atoms with van der Waals surface area (Å²) < 4.78 is 45.6. The number of ether oxygens (including phenoxy) is 1. The zero-order chi connectivity index (χ0) is 19.3. The first kappa shape index (κ1) is 20.3. The maximum atomic E-state index is 14.1. The molecule has 1 aliphatic rings. The number of nitrogens with one attached hydrogen (secondary N) is 2. The summed E-state index contributed by atoms with van der Waals surface area (Å²) in [7, 11) is -4.08. The highest BCUT2D eigenvalue weighted by molar-refractivity contribution is 7.89. The number of likely N-dealkylation sites (N-methyl/N-ethyl adjacent to an activating group) is 1. The van der Waals surface area contributed by atoms with Crippen molar-refractivity contribution < 1.29 is 27.1 Å². The molecule has 1 saturated heterocycles. The topological polar surface area (TPSA) is 105 Å². The quantitative estimate of drug-likeness (QED) is 0.720. The van der Waals surface area contributed by atoms with Gasteiger partial charge in [0.2, 0.25) is 15.9 Å². The Labute approximate surface area is 151 Å². The molecule has 0 aromatic heterocycles. The number of halogens is 1. The minimum atomic E-state index is -4.08. The fourth-order valence-corrected chi connectivity index (χ4v) is 3.94. The number of morpholine rings is 1. The lowest BCUT2D eigenvalue weighted by molar-refractivity contribution is -0.122. The zero-order valence-electron chi connectivity index (χ0n) is 14.6. The molecule has 1 aromatic rings. The predicted octanol–water partition coefficient (Wildman–Crippen LogP) is 0.101. The summed E-state index contributed by atoms with van der Waals surface area (Å²) in [5, 5.41) is 5.02. The first-order valence-corrected chi connectivity index (χ1v) is 9.67. The van der Waals surface area contributed by atoms with Crippen molar-refractivity contribution in [2.45, 2.75) is 24.8 Å². The van der Waals surface area contributed by atoms with E-state index in [2.05, 4.69) is 10.6 Å². The third-order valence-electron chi connectivity index (χ3n) is 3.87. The molecule has 0 unspecified atom stereocenters. The van der Waals surface area contributed by atoms with Crippen LogP contribution in [0.5, 0.6) is 0 Å². The van der Waals surface area contributed by atoms with Crippen LogP contribution < -0.4 is 10.6 Å². The summed E-state index contributed by atoms with van der Waals surface area (Å²) in [4.78, 5) is 23.4. The molecule has 0 bridgehead atoms. The average molecular weight is 387 g/mol. The number of carbonyl (C=O) groups excluding carboxylic acids is 2. The largest absolute Gasteiger partial charge is 0.379 e. The Bertz CT molecular complexity index is 778. The van der Waals surface area contributed by atoms with Gasteiger partial charge in [-0.05, 0) is 32.0 Å². The molecule has 0 spiro atoms. The van der Waals surface area contributed by atoms with Crippen LogP contribution in [0, 0.1) is 5.82 Å². The number of hydrogen-bond acceptors (Lipinski definition) is 5. The van der Waals surface area contributed by atoms with Gasteiger partial charge in [0, 0.05) is 25.2 Å². The normalized spacial score (nSPS) is 16.7. The first-order chi connectivity index (χ1) is 12.3. The number of sulfonamides is 1. The zero-order valence-corrected chi connectivity index (χ0v) is 15.4. The molecule has 2 N–H and O–H groups in total. The number of carbonyl (C=O) groups is 2. The van der Waals surface area contributed by atoms with E-state index < -0.39 is 32.7 Å². The van der Waals surface area contributed by atoms with Crippen LogP contribution in [0.2, 0.25) is 0 Å². The third-order valence-corrected chi connectivity index (χ3v) is 5.79. The van der Waals surface area contributed by atoms with E-state index in [4.69, 9.17) is 4.74 Å². The molecular weight excluding hydrogens is 365 g/mol. The molecule has 2 amide bonds. The molecule has 144 valence electrons. The number of rotatable bonds is 6. The molecule has 1 aliphatic heterocycles. The minimum Gasteiger partial charge on any atom is -0.379 e. The maximum absolute atomic E-state index is 14.1. The van der Waals surface area contributed by atoms with Crippen LogP contribution in [-0.2, 0) is 19.6 Å². The van der Waals surface area contributed by atoms with Gasteiger partial charge in [0.25, 0.3) is 5.91 Å². The summed E-state index contributed by atoms with van der Waals surface area (Å²) >= 11 is 0. The molecule has 1 atom stereocenters. The van der Waals surface area contributed by atoms with E-state index in [0.717, 1.165) is 16.4 Å². The average Bonchev–Trinajstić information content (AvgIpc) is 2.62. The second-order valence-corrected chi connectivity index (χ2v) is 7.66. The van der Waals surface area contributed by atoms with Crippen LogP contribution in [0.15, 0.2) is 23.1 Å². The monoisotopic (exact) mass is 387 g/mol. The van der Waals surface area contributed by atoms with Crippen LogP contribution in [0.4, 0.5) is 4.39 Å². The van der Waals surface area contributed by atoms with Crippen LogP contribution in [-0.4, -0.2) is 63.4 Å². The number of nitrogens with zero attached hydrogens (tertiary/aromatic N) is 1. The molecule has 1 fully saturated rings. The van der Waals surface area contributed by atoms with Gasteiger partial charge in [0.1, 0.15) is 16.8 Å². The highest BCUT2D eigenvalue weighted by Gasteiger charge is 2.30. The van der Waals surface area contributed by atoms with Gasteiger partial charge in [-0.2, -0.15) is 4.31 Å². The molecule has 8 nitrogen and oxygen atoms in total. The van der Waals surface area contributed by atoms with Crippen molar-refractivity contribution in [3.05, 3.63) is 29.6 Å². The first-order valence-electron chi connectivity index (χ1n) is 8.23. The molecule has 0 aliphatic carbocycles. The van der Waals surface area contributed by atoms with Crippen molar-refractivity contribution in [3.8, 4) is 0 Å². The molecular formula is C16H22FN3O5S. The Morgan fingerprint density at radius 1 is 1.31 bits per heavy atom. The Morgan fingerprint density at radius 2 is 1.96 bits per heavy atom. The van der Waals surface area contributed by atoms with Gasteiger partial charge in [-0.3, -0.25) is 9.59 Å². The van der Waals surface area contributed by atoms with Crippen molar-refractivity contribution >= 4 is 21.8 Å². The molecule has 2 rings (SSSR count). The number of benzene rings is 1. The third kappa shape index (κ3) is 4.57. The number of amides is 2. The lowest BCUT2D eigenvalue weighted by Gasteiger charge is -2.26. The second kappa shape index (κ2) is 8.56. The fraction of sp³-hybridized carbons (Fsp3) is 0.500. The minimum absolute atomic E-state index is 0.0469.